The standard InChI is InChI=1S/C19H16O3/c1-12-13(8-4-10-17(12)20)14-6-2-3-7-15(14)16-9-5-11-18(21)19(16)22/h2-11,20-22H,1H3. The van der Waals surface area contributed by atoms with Gasteiger partial charge in [-0.1, -0.05) is 48.5 Å². The largest absolute Gasteiger partial charge is 0.508 e. The van der Waals surface area contributed by atoms with Crippen LogP contribution >= 0.6 is 0 Å². The molecule has 0 aliphatic carbocycles. The van der Waals surface area contributed by atoms with E-state index in [-0.39, 0.29) is 17.2 Å². The third-order valence-corrected chi connectivity index (χ3v) is 3.83. The van der Waals surface area contributed by atoms with Gasteiger partial charge in [0.15, 0.2) is 11.5 Å². The number of benzene rings is 3. The fourth-order valence-electron chi connectivity index (χ4n) is 2.62. The Balaban J connectivity index is 2.28. The van der Waals surface area contributed by atoms with Crippen molar-refractivity contribution in [2.45, 2.75) is 6.92 Å². The Kier molecular flexibility index (Phi) is 3.47. The van der Waals surface area contributed by atoms with Crippen molar-refractivity contribution in [3.8, 4) is 39.5 Å². The van der Waals surface area contributed by atoms with Crippen molar-refractivity contribution in [1.82, 2.24) is 0 Å². The Morgan fingerprint density at radius 2 is 1.05 bits per heavy atom. The van der Waals surface area contributed by atoms with Crippen LogP contribution in [0.5, 0.6) is 17.2 Å². The lowest BCUT2D eigenvalue weighted by Gasteiger charge is -2.14. The maximum atomic E-state index is 10.1. The van der Waals surface area contributed by atoms with Gasteiger partial charge >= 0.3 is 0 Å². The van der Waals surface area contributed by atoms with Crippen LogP contribution in [0, 0.1) is 6.92 Å². The second-order valence-corrected chi connectivity index (χ2v) is 5.17. The average Bonchev–Trinajstić information content (AvgIpc) is 2.53. The third kappa shape index (κ3) is 2.27. The van der Waals surface area contributed by atoms with Gasteiger partial charge in [-0.3, -0.25) is 0 Å². The highest BCUT2D eigenvalue weighted by atomic mass is 16.3. The fraction of sp³-hybridized carbons (Fsp3) is 0.0526. The van der Waals surface area contributed by atoms with Crippen molar-refractivity contribution in [1.29, 1.82) is 0 Å². The first-order valence-electron chi connectivity index (χ1n) is 6.99. The van der Waals surface area contributed by atoms with E-state index in [0.717, 1.165) is 22.3 Å². The summed E-state index contributed by atoms with van der Waals surface area (Å²) in [4.78, 5) is 0. The van der Waals surface area contributed by atoms with Crippen molar-refractivity contribution >= 4 is 0 Å². The molecule has 3 N–H and O–H groups in total. The van der Waals surface area contributed by atoms with E-state index in [2.05, 4.69) is 0 Å². The summed E-state index contributed by atoms with van der Waals surface area (Å²) < 4.78 is 0. The monoisotopic (exact) mass is 292 g/mol. The van der Waals surface area contributed by atoms with Crippen molar-refractivity contribution in [2.24, 2.45) is 0 Å². The molecule has 0 amide bonds. The van der Waals surface area contributed by atoms with Gasteiger partial charge in [-0.25, -0.2) is 0 Å². The molecule has 0 fully saturated rings. The number of phenolic OH excluding ortho intramolecular Hbond substituents is 3. The van der Waals surface area contributed by atoms with Crippen LogP contribution in [0.3, 0.4) is 0 Å². The molecule has 0 unspecified atom stereocenters. The molecular formula is C19H16O3. The van der Waals surface area contributed by atoms with Crippen LogP contribution in [0.1, 0.15) is 5.56 Å². The summed E-state index contributed by atoms with van der Waals surface area (Å²) in [6, 6.07) is 17.8. The summed E-state index contributed by atoms with van der Waals surface area (Å²) in [7, 11) is 0. The van der Waals surface area contributed by atoms with Gasteiger partial charge < -0.3 is 15.3 Å². The molecule has 3 aromatic rings. The Morgan fingerprint density at radius 3 is 1.73 bits per heavy atom. The predicted octanol–water partition coefficient (Wildman–Crippen LogP) is 4.45. The average molecular weight is 292 g/mol. The van der Waals surface area contributed by atoms with Gasteiger partial charge in [0.1, 0.15) is 5.75 Å². The summed E-state index contributed by atoms with van der Waals surface area (Å²) in [5.74, 6) is -0.0693. The molecule has 0 aromatic heterocycles. The fourth-order valence-corrected chi connectivity index (χ4v) is 2.62. The molecule has 0 saturated carbocycles. The van der Waals surface area contributed by atoms with Gasteiger partial charge in [0, 0.05) is 5.56 Å². The van der Waals surface area contributed by atoms with E-state index in [1.165, 1.54) is 6.07 Å². The zero-order valence-corrected chi connectivity index (χ0v) is 12.1. The summed E-state index contributed by atoms with van der Waals surface area (Å²) in [6.45, 7) is 1.85. The molecule has 0 saturated heterocycles. The second-order valence-electron chi connectivity index (χ2n) is 5.17. The van der Waals surface area contributed by atoms with Crippen molar-refractivity contribution < 1.29 is 15.3 Å². The Bertz CT molecular complexity index is 767. The van der Waals surface area contributed by atoms with Crippen molar-refractivity contribution in [2.75, 3.05) is 0 Å². The van der Waals surface area contributed by atoms with Gasteiger partial charge in [-0.05, 0) is 41.3 Å². The number of phenols is 3. The Labute approximate surface area is 128 Å². The van der Waals surface area contributed by atoms with Crippen LogP contribution in [-0.4, -0.2) is 15.3 Å². The van der Waals surface area contributed by atoms with Gasteiger partial charge in [-0.15, -0.1) is 0 Å². The maximum absolute atomic E-state index is 10.1. The highest BCUT2D eigenvalue weighted by molar-refractivity contribution is 5.88. The Morgan fingerprint density at radius 1 is 0.545 bits per heavy atom. The minimum Gasteiger partial charge on any atom is -0.508 e. The van der Waals surface area contributed by atoms with Crippen LogP contribution in [-0.2, 0) is 0 Å². The maximum Gasteiger partial charge on any atom is 0.165 e. The van der Waals surface area contributed by atoms with E-state index in [9.17, 15) is 15.3 Å². The minimum absolute atomic E-state index is 0.146. The molecule has 0 radical (unpaired) electrons. The topological polar surface area (TPSA) is 60.7 Å². The van der Waals surface area contributed by atoms with E-state index in [1.807, 2.05) is 37.3 Å². The van der Waals surface area contributed by atoms with Crippen molar-refractivity contribution in [3.05, 3.63) is 66.2 Å². The van der Waals surface area contributed by atoms with E-state index in [0.29, 0.717) is 5.56 Å². The van der Waals surface area contributed by atoms with Crippen molar-refractivity contribution in [3.63, 3.8) is 0 Å². The first-order chi connectivity index (χ1) is 10.6. The van der Waals surface area contributed by atoms with Crippen LogP contribution in [0.4, 0.5) is 0 Å². The van der Waals surface area contributed by atoms with E-state index in [1.54, 1.807) is 24.3 Å². The first kappa shape index (κ1) is 14.0. The highest BCUT2D eigenvalue weighted by Gasteiger charge is 2.14. The molecule has 3 heteroatoms. The Hall–Kier alpha value is -2.94. The molecule has 0 heterocycles. The minimum atomic E-state index is -0.153. The summed E-state index contributed by atoms with van der Waals surface area (Å²) >= 11 is 0. The molecule has 0 atom stereocenters. The molecule has 0 spiro atoms. The van der Waals surface area contributed by atoms with E-state index in [4.69, 9.17) is 0 Å². The van der Waals surface area contributed by atoms with E-state index >= 15 is 0 Å². The molecule has 3 aromatic carbocycles. The molecule has 0 aliphatic rings. The lowest BCUT2D eigenvalue weighted by atomic mass is 9.91. The number of para-hydroxylation sites is 1. The molecule has 0 aliphatic heterocycles. The van der Waals surface area contributed by atoms with Crippen LogP contribution < -0.4 is 0 Å². The highest BCUT2D eigenvalue weighted by Crippen LogP contribution is 2.42. The number of rotatable bonds is 2. The second kappa shape index (κ2) is 5.45. The lowest BCUT2D eigenvalue weighted by Crippen LogP contribution is -1.89. The molecule has 110 valence electrons. The number of aromatic hydroxyl groups is 3. The first-order valence-corrected chi connectivity index (χ1v) is 6.99. The van der Waals surface area contributed by atoms with Crippen LogP contribution in [0.15, 0.2) is 60.7 Å². The lowest BCUT2D eigenvalue weighted by molar-refractivity contribution is 0.405. The normalized spacial score (nSPS) is 10.6. The molecular weight excluding hydrogens is 276 g/mol. The predicted molar refractivity (Wildman–Crippen MR) is 87.0 cm³/mol. The molecule has 3 nitrogen and oxygen atoms in total. The third-order valence-electron chi connectivity index (χ3n) is 3.83. The van der Waals surface area contributed by atoms with Gasteiger partial charge in [0.2, 0.25) is 0 Å². The number of hydrogen-bond acceptors (Lipinski definition) is 3. The summed E-state index contributed by atoms with van der Waals surface area (Å²) in [6.07, 6.45) is 0. The van der Waals surface area contributed by atoms with Crippen LogP contribution in [0.2, 0.25) is 0 Å². The molecule has 3 rings (SSSR count). The summed E-state index contributed by atoms with van der Waals surface area (Å²) in [5, 5.41) is 29.8. The quantitative estimate of drug-likeness (QED) is 0.612. The zero-order chi connectivity index (χ0) is 15.7. The van der Waals surface area contributed by atoms with Crippen LogP contribution in [0.25, 0.3) is 22.3 Å². The van der Waals surface area contributed by atoms with Gasteiger partial charge in [0.05, 0.1) is 0 Å². The zero-order valence-electron chi connectivity index (χ0n) is 12.1. The summed E-state index contributed by atoms with van der Waals surface area (Å²) in [5.41, 5.74) is 3.90. The SMILES string of the molecule is Cc1c(O)cccc1-c1ccccc1-c1cccc(O)c1O. The molecule has 22 heavy (non-hydrogen) atoms. The molecule has 0 bridgehead atoms. The van der Waals surface area contributed by atoms with Gasteiger partial charge in [0.25, 0.3) is 0 Å². The smallest absolute Gasteiger partial charge is 0.165 e. The van der Waals surface area contributed by atoms with Gasteiger partial charge in [-0.2, -0.15) is 0 Å². The van der Waals surface area contributed by atoms with E-state index < -0.39 is 0 Å². The number of hydrogen-bond donors (Lipinski definition) is 3.